The quantitative estimate of drug-likeness (QED) is 0.921. The molecule has 4 heteroatoms. The first-order valence-electron chi connectivity index (χ1n) is 6.49. The highest BCUT2D eigenvalue weighted by molar-refractivity contribution is 9.10. The molecule has 1 atom stereocenters. The highest BCUT2D eigenvalue weighted by atomic mass is 79.9. The molecule has 1 unspecified atom stereocenters. The lowest BCUT2D eigenvalue weighted by Gasteiger charge is -2.35. The van der Waals surface area contributed by atoms with E-state index in [9.17, 15) is 4.39 Å². The van der Waals surface area contributed by atoms with E-state index in [1.807, 2.05) is 6.07 Å². The van der Waals surface area contributed by atoms with E-state index >= 15 is 0 Å². The van der Waals surface area contributed by atoms with Gasteiger partial charge in [-0.1, -0.05) is 22.4 Å². The molecular formula is C14H19BrFNO. The van der Waals surface area contributed by atoms with Crippen molar-refractivity contribution < 1.29 is 9.50 Å². The largest absolute Gasteiger partial charge is 0.396 e. The zero-order chi connectivity index (χ0) is 13.0. The van der Waals surface area contributed by atoms with E-state index in [2.05, 4.69) is 20.8 Å². The van der Waals surface area contributed by atoms with E-state index in [0.717, 1.165) is 36.0 Å². The van der Waals surface area contributed by atoms with Gasteiger partial charge >= 0.3 is 0 Å². The number of nitrogens with zero attached hydrogens (tertiary/aromatic N) is 1. The molecule has 1 saturated heterocycles. The number of rotatable bonds is 4. The monoisotopic (exact) mass is 315 g/mol. The van der Waals surface area contributed by atoms with Gasteiger partial charge in [0.15, 0.2) is 0 Å². The lowest BCUT2D eigenvalue weighted by Crippen LogP contribution is -2.39. The van der Waals surface area contributed by atoms with Gasteiger partial charge in [-0.05, 0) is 49.6 Å². The predicted molar refractivity (Wildman–Crippen MR) is 73.9 cm³/mol. The van der Waals surface area contributed by atoms with E-state index in [0.29, 0.717) is 6.04 Å². The number of hydrogen-bond donors (Lipinski definition) is 1. The van der Waals surface area contributed by atoms with Gasteiger partial charge in [0.05, 0.1) is 0 Å². The average Bonchev–Trinajstić information content (AvgIpc) is 2.30. The number of aliphatic hydroxyl groups excluding tert-OH is 1. The second-order valence-corrected chi connectivity index (χ2v) is 5.83. The minimum Gasteiger partial charge on any atom is -0.396 e. The van der Waals surface area contributed by atoms with E-state index in [4.69, 9.17) is 5.11 Å². The Bertz CT molecular complexity index is 377. The summed E-state index contributed by atoms with van der Waals surface area (Å²) < 4.78 is 14.1. The second-order valence-electron chi connectivity index (χ2n) is 4.91. The molecule has 1 heterocycles. The maximum atomic E-state index is 13.3. The minimum atomic E-state index is -0.199. The molecular weight excluding hydrogens is 297 g/mol. The maximum absolute atomic E-state index is 13.3. The molecule has 0 radical (unpaired) electrons. The molecule has 0 spiro atoms. The molecule has 1 fully saturated rings. The molecule has 0 bridgehead atoms. The number of halogens is 2. The average molecular weight is 316 g/mol. The SMILES string of the molecule is OCCC1CCCCN1Cc1cc(F)cc(Br)c1. The first kappa shape index (κ1) is 14.0. The van der Waals surface area contributed by atoms with Crippen LogP contribution in [0.3, 0.4) is 0 Å². The van der Waals surface area contributed by atoms with Crippen LogP contribution in [0.25, 0.3) is 0 Å². The summed E-state index contributed by atoms with van der Waals surface area (Å²) in [5.41, 5.74) is 0.992. The fourth-order valence-electron chi connectivity index (χ4n) is 2.68. The summed E-state index contributed by atoms with van der Waals surface area (Å²) in [6.45, 7) is 2.04. The summed E-state index contributed by atoms with van der Waals surface area (Å²) in [6, 6.07) is 5.47. The molecule has 0 saturated carbocycles. The molecule has 2 rings (SSSR count). The molecule has 2 nitrogen and oxygen atoms in total. The van der Waals surface area contributed by atoms with E-state index < -0.39 is 0 Å². The number of piperidine rings is 1. The number of benzene rings is 1. The zero-order valence-electron chi connectivity index (χ0n) is 10.4. The molecule has 0 aliphatic carbocycles. The maximum Gasteiger partial charge on any atom is 0.124 e. The summed E-state index contributed by atoms with van der Waals surface area (Å²) in [7, 11) is 0. The van der Waals surface area contributed by atoms with Crippen molar-refractivity contribution in [1.82, 2.24) is 4.90 Å². The van der Waals surface area contributed by atoms with Gasteiger partial charge < -0.3 is 5.11 Å². The lowest BCUT2D eigenvalue weighted by atomic mass is 9.99. The van der Waals surface area contributed by atoms with Crippen molar-refractivity contribution in [1.29, 1.82) is 0 Å². The molecule has 100 valence electrons. The van der Waals surface area contributed by atoms with Crippen molar-refractivity contribution in [3.05, 3.63) is 34.1 Å². The molecule has 1 aliphatic heterocycles. The number of hydrogen-bond acceptors (Lipinski definition) is 2. The van der Waals surface area contributed by atoms with Gasteiger partial charge in [0.1, 0.15) is 5.82 Å². The van der Waals surface area contributed by atoms with Crippen molar-refractivity contribution in [2.24, 2.45) is 0 Å². The van der Waals surface area contributed by atoms with Crippen LogP contribution in [0.4, 0.5) is 4.39 Å². The first-order chi connectivity index (χ1) is 8.69. The Hall–Kier alpha value is -0.450. The van der Waals surface area contributed by atoms with E-state index in [1.54, 1.807) is 6.07 Å². The van der Waals surface area contributed by atoms with E-state index in [-0.39, 0.29) is 12.4 Å². The van der Waals surface area contributed by atoms with Crippen LogP contribution < -0.4 is 0 Å². The van der Waals surface area contributed by atoms with Crippen LogP contribution in [0.15, 0.2) is 22.7 Å². The molecule has 0 amide bonds. The molecule has 1 N–H and O–H groups in total. The third-order valence-electron chi connectivity index (χ3n) is 3.52. The fourth-order valence-corrected chi connectivity index (χ4v) is 3.19. The van der Waals surface area contributed by atoms with Crippen molar-refractivity contribution in [3.63, 3.8) is 0 Å². The predicted octanol–water partition coefficient (Wildman–Crippen LogP) is 3.33. The van der Waals surface area contributed by atoms with Crippen LogP contribution in [0.2, 0.25) is 0 Å². The van der Waals surface area contributed by atoms with Gasteiger partial charge in [0, 0.05) is 23.7 Å². The highest BCUT2D eigenvalue weighted by Gasteiger charge is 2.21. The van der Waals surface area contributed by atoms with Crippen LogP contribution >= 0.6 is 15.9 Å². The van der Waals surface area contributed by atoms with Gasteiger partial charge in [-0.15, -0.1) is 0 Å². The molecule has 0 aromatic heterocycles. The normalized spacial score (nSPS) is 21.2. The van der Waals surface area contributed by atoms with Gasteiger partial charge in [-0.25, -0.2) is 4.39 Å². The minimum absolute atomic E-state index is 0.199. The van der Waals surface area contributed by atoms with Crippen molar-refractivity contribution in [2.45, 2.75) is 38.3 Å². The summed E-state index contributed by atoms with van der Waals surface area (Å²) in [5, 5.41) is 9.10. The number of likely N-dealkylation sites (tertiary alicyclic amines) is 1. The summed E-state index contributed by atoms with van der Waals surface area (Å²) in [5.74, 6) is -0.199. The Morgan fingerprint density at radius 3 is 2.89 bits per heavy atom. The summed E-state index contributed by atoms with van der Waals surface area (Å²) in [6.07, 6.45) is 4.37. The summed E-state index contributed by atoms with van der Waals surface area (Å²) in [4.78, 5) is 2.36. The Kier molecular flexibility index (Phi) is 5.15. The van der Waals surface area contributed by atoms with Crippen LogP contribution in [0.5, 0.6) is 0 Å². The third-order valence-corrected chi connectivity index (χ3v) is 3.98. The van der Waals surface area contributed by atoms with Gasteiger partial charge in [0.2, 0.25) is 0 Å². The Morgan fingerprint density at radius 2 is 2.17 bits per heavy atom. The van der Waals surface area contributed by atoms with E-state index in [1.165, 1.54) is 18.9 Å². The molecule has 1 aliphatic rings. The highest BCUT2D eigenvalue weighted by Crippen LogP contribution is 2.23. The summed E-state index contributed by atoms with van der Waals surface area (Å²) >= 11 is 3.33. The molecule has 1 aromatic rings. The Balaban J connectivity index is 2.05. The Labute approximate surface area is 116 Å². The standard InChI is InChI=1S/C14H19BrFNO/c15-12-7-11(8-13(16)9-12)10-17-5-2-1-3-14(17)4-6-18/h7-9,14,18H,1-6,10H2. The number of aliphatic hydroxyl groups is 1. The van der Waals surface area contributed by atoms with Gasteiger partial charge in [0.25, 0.3) is 0 Å². The van der Waals surface area contributed by atoms with Crippen LogP contribution in [0.1, 0.15) is 31.2 Å². The zero-order valence-corrected chi connectivity index (χ0v) is 12.0. The van der Waals surface area contributed by atoms with Crippen molar-refractivity contribution in [3.8, 4) is 0 Å². The van der Waals surface area contributed by atoms with Gasteiger partial charge in [-0.2, -0.15) is 0 Å². The second kappa shape index (κ2) is 6.64. The van der Waals surface area contributed by atoms with Crippen molar-refractivity contribution >= 4 is 15.9 Å². The third kappa shape index (κ3) is 3.77. The fraction of sp³-hybridized carbons (Fsp3) is 0.571. The van der Waals surface area contributed by atoms with Gasteiger partial charge in [-0.3, -0.25) is 4.90 Å². The van der Waals surface area contributed by atoms with Crippen LogP contribution in [0, 0.1) is 5.82 Å². The first-order valence-corrected chi connectivity index (χ1v) is 7.28. The van der Waals surface area contributed by atoms with Crippen molar-refractivity contribution in [2.75, 3.05) is 13.2 Å². The lowest BCUT2D eigenvalue weighted by molar-refractivity contribution is 0.112. The molecule has 18 heavy (non-hydrogen) atoms. The van der Waals surface area contributed by atoms with Crippen LogP contribution in [-0.2, 0) is 6.54 Å². The topological polar surface area (TPSA) is 23.5 Å². The Morgan fingerprint density at radius 1 is 1.33 bits per heavy atom. The van der Waals surface area contributed by atoms with Crippen LogP contribution in [-0.4, -0.2) is 29.2 Å². The smallest absolute Gasteiger partial charge is 0.124 e. The molecule has 1 aromatic carbocycles.